The minimum absolute atomic E-state index is 0.0263. The zero-order valence-electron chi connectivity index (χ0n) is 12.4. The Kier molecular flexibility index (Phi) is 7.36. The van der Waals surface area contributed by atoms with Gasteiger partial charge in [-0.1, -0.05) is 6.07 Å². The molecule has 0 amide bonds. The number of anilines is 1. The zero-order chi connectivity index (χ0) is 15.7. The summed E-state index contributed by atoms with van der Waals surface area (Å²) < 4.78 is 46.6. The Morgan fingerprint density at radius 3 is 2.67 bits per heavy atom. The van der Waals surface area contributed by atoms with Crippen LogP contribution in [-0.4, -0.2) is 32.5 Å². The predicted molar refractivity (Wildman–Crippen MR) is 76.8 cm³/mol. The maximum absolute atomic E-state index is 12.1. The molecule has 0 aliphatic heterocycles. The molecule has 3 nitrogen and oxygen atoms in total. The molecule has 1 unspecified atom stereocenters. The number of ether oxygens (including phenoxy) is 2. The van der Waals surface area contributed by atoms with Crippen LogP contribution in [0.2, 0.25) is 0 Å². The molecule has 1 aromatic rings. The van der Waals surface area contributed by atoms with E-state index >= 15 is 0 Å². The Bertz CT molecular complexity index is 410. The van der Waals surface area contributed by atoms with Gasteiger partial charge in [0.25, 0.3) is 0 Å². The van der Waals surface area contributed by atoms with Crippen LogP contribution in [0.25, 0.3) is 0 Å². The third-order valence-electron chi connectivity index (χ3n) is 2.90. The van der Waals surface area contributed by atoms with Gasteiger partial charge in [0.05, 0.1) is 6.61 Å². The standard InChI is InChI=1S/C15H22F3NO2/c1-12(5-4-8-15(16,17)18)19-13-6-3-7-14(11-13)21-10-9-20-2/h3,6-7,11-12,19H,4-5,8-10H2,1-2H3. The normalized spacial score (nSPS) is 13.0. The molecule has 120 valence electrons. The molecule has 0 heterocycles. The fourth-order valence-electron chi connectivity index (χ4n) is 1.88. The first-order chi connectivity index (χ1) is 9.90. The summed E-state index contributed by atoms with van der Waals surface area (Å²) in [5, 5.41) is 3.18. The fourth-order valence-corrected chi connectivity index (χ4v) is 1.88. The van der Waals surface area contributed by atoms with Crippen LogP contribution >= 0.6 is 0 Å². The number of hydrogen-bond donors (Lipinski definition) is 1. The number of hydrogen-bond acceptors (Lipinski definition) is 3. The van der Waals surface area contributed by atoms with Gasteiger partial charge in [-0.2, -0.15) is 13.2 Å². The molecule has 1 atom stereocenters. The summed E-state index contributed by atoms with van der Waals surface area (Å²) in [6.45, 7) is 2.83. The largest absolute Gasteiger partial charge is 0.491 e. The summed E-state index contributed by atoms with van der Waals surface area (Å²) in [5.41, 5.74) is 0.837. The maximum atomic E-state index is 12.1. The van der Waals surface area contributed by atoms with E-state index in [4.69, 9.17) is 9.47 Å². The van der Waals surface area contributed by atoms with Crippen molar-refractivity contribution in [3.05, 3.63) is 24.3 Å². The highest BCUT2D eigenvalue weighted by molar-refractivity contribution is 5.48. The molecule has 0 bridgehead atoms. The predicted octanol–water partition coefficient (Wildman–Crippen LogP) is 4.24. The van der Waals surface area contributed by atoms with Crippen LogP contribution in [0.5, 0.6) is 5.75 Å². The van der Waals surface area contributed by atoms with Crippen molar-refractivity contribution in [1.82, 2.24) is 0 Å². The van der Waals surface area contributed by atoms with Crippen molar-refractivity contribution in [2.75, 3.05) is 25.6 Å². The van der Waals surface area contributed by atoms with Crippen LogP contribution in [0.4, 0.5) is 18.9 Å². The van der Waals surface area contributed by atoms with Crippen molar-refractivity contribution in [1.29, 1.82) is 0 Å². The molecular formula is C15H22F3NO2. The molecule has 0 aliphatic rings. The number of nitrogens with one attached hydrogen (secondary N) is 1. The van der Waals surface area contributed by atoms with Crippen LogP contribution in [0, 0.1) is 0 Å². The minimum Gasteiger partial charge on any atom is -0.491 e. The van der Waals surface area contributed by atoms with Gasteiger partial charge in [-0.3, -0.25) is 0 Å². The summed E-state index contributed by atoms with van der Waals surface area (Å²) >= 11 is 0. The van der Waals surface area contributed by atoms with Gasteiger partial charge >= 0.3 is 6.18 Å². The number of rotatable bonds is 9. The van der Waals surface area contributed by atoms with E-state index in [1.165, 1.54) is 0 Å². The Morgan fingerprint density at radius 2 is 2.00 bits per heavy atom. The number of methoxy groups -OCH3 is 1. The van der Waals surface area contributed by atoms with Gasteiger partial charge in [0.2, 0.25) is 0 Å². The molecule has 0 saturated carbocycles. The van der Waals surface area contributed by atoms with E-state index < -0.39 is 12.6 Å². The van der Waals surface area contributed by atoms with Crippen molar-refractivity contribution >= 4 is 5.69 Å². The second-order valence-electron chi connectivity index (χ2n) is 4.92. The first kappa shape index (κ1) is 17.6. The highest BCUT2D eigenvalue weighted by Crippen LogP contribution is 2.24. The van der Waals surface area contributed by atoms with E-state index in [1.54, 1.807) is 7.11 Å². The maximum Gasteiger partial charge on any atom is 0.389 e. The van der Waals surface area contributed by atoms with E-state index in [0.29, 0.717) is 25.4 Å². The monoisotopic (exact) mass is 305 g/mol. The molecule has 6 heteroatoms. The molecule has 0 radical (unpaired) electrons. The van der Waals surface area contributed by atoms with Gasteiger partial charge in [-0.05, 0) is 31.9 Å². The smallest absolute Gasteiger partial charge is 0.389 e. The highest BCUT2D eigenvalue weighted by atomic mass is 19.4. The van der Waals surface area contributed by atoms with E-state index in [0.717, 1.165) is 5.69 Å². The Morgan fingerprint density at radius 1 is 1.24 bits per heavy atom. The fraction of sp³-hybridized carbons (Fsp3) is 0.600. The zero-order valence-corrected chi connectivity index (χ0v) is 12.4. The Balaban J connectivity index is 2.37. The first-order valence-electron chi connectivity index (χ1n) is 6.96. The lowest BCUT2D eigenvalue weighted by molar-refractivity contribution is -0.135. The molecular weight excluding hydrogens is 283 g/mol. The third-order valence-corrected chi connectivity index (χ3v) is 2.90. The number of halogens is 3. The molecule has 1 aromatic carbocycles. The van der Waals surface area contributed by atoms with Crippen molar-refractivity contribution in [2.24, 2.45) is 0 Å². The molecule has 1 rings (SSSR count). The van der Waals surface area contributed by atoms with Gasteiger partial charge in [-0.15, -0.1) is 0 Å². The van der Waals surface area contributed by atoms with Crippen LogP contribution in [0.1, 0.15) is 26.2 Å². The van der Waals surface area contributed by atoms with Crippen molar-refractivity contribution in [3.63, 3.8) is 0 Å². The summed E-state index contributed by atoms with van der Waals surface area (Å²) in [6.07, 6.45) is -4.22. The van der Waals surface area contributed by atoms with Crippen LogP contribution in [-0.2, 0) is 4.74 Å². The van der Waals surface area contributed by atoms with E-state index in [1.807, 2.05) is 31.2 Å². The van der Waals surface area contributed by atoms with Gasteiger partial charge in [0, 0.05) is 31.3 Å². The average molecular weight is 305 g/mol. The Hall–Kier alpha value is -1.43. The van der Waals surface area contributed by atoms with E-state index in [-0.39, 0.29) is 12.5 Å². The molecule has 0 saturated heterocycles. The second-order valence-corrected chi connectivity index (χ2v) is 4.92. The number of alkyl halides is 3. The number of benzene rings is 1. The van der Waals surface area contributed by atoms with Crippen LogP contribution in [0.3, 0.4) is 0 Å². The minimum atomic E-state index is -4.07. The Labute approximate surface area is 123 Å². The third kappa shape index (κ3) is 8.45. The van der Waals surface area contributed by atoms with Crippen molar-refractivity contribution in [3.8, 4) is 5.75 Å². The van der Waals surface area contributed by atoms with Gasteiger partial charge in [0.15, 0.2) is 0 Å². The summed E-state index contributed by atoms with van der Waals surface area (Å²) in [7, 11) is 1.60. The molecule has 0 aliphatic carbocycles. The second kappa shape index (κ2) is 8.77. The molecule has 0 aromatic heterocycles. The summed E-state index contributed by atoms with van der Waals surface area (Å²) in [6, 6.07) is 7.34. The lowest BCUT2D eigenvalue weighted by Gasteiger charge is -2.16. The summed E-state index contributed by atoms with van der Waals surface area (Å²) in [4.78, 5) is 0. The lowest BCUT2D eigenvalue weighted by Crippen LogP contribution is -2.16. The summed E-state index contributed by atoms with van der Waals surface area (Å²) in [5.74, 6) is 0.708. The van der Waals surface area contributed by atoms with Gasteiger partial charge in [-0.25, -0.2) is 0 Å². The quantitative estimate of drug-likeness (QED) is 0.692. The SMILES string of the molecule is COCCOc1cccc(NC(C)CCCC(F)(F)F)c1. The lowest BCUT2D eigenvalue weighted by atomic mass is 10.1. The highest BCUT2D eigenvalue weighted by Gasteiger charge is 2.26. The average Bonchev–Trinajstić information content (AvgIpc) is 2.38. The van der Waals surface area contributed by atoms with Gasteiger partial charge in [0.1, 0.15) is 12.4 Å². The van der Waals surface area contributed by atoms with Gasteiger partial charge < -0.3 is 14.8 Å². The molecule has 21 heavy (non-hydrogen) atoms. The van der Waals surface area contributed by atoms with E-state index in [9.17, 15) is 13.2 Å². The van der Waals surface area contributed by atoms with Crippen LogP contribution < -0.4 is 10.1 Å². The first-order valence-corrected chi connectivity index (χ1v) is 6.96. The molecule has 0 fully saturated rings. The van der Waals surface area contributed by atoms with Crippen molar-refractivity contribution in [2.45, 2.75) is 38.4 Å². The topological polar surface area (TPSA) is 30.5 Å². The van der Waals surface area contributed by atoms with Crippen LogP contribution in [0.15, 0.2) is 24.3 Å². The van der Waals surface area contributed by atoms with E-state index in [2.05, 4.69) is 5.32 Å². The molecule has 0 spiro atoms. The van der Waals surface area contributed by atoms with Crippen molar-refractivity contribution < 1.29 is 22.6 Å². The molecule has 1 N–H and O–H groups in total.